The van der Waals surface area contributed by atoms with Gasteiger partial charge in [0.15, 0.2) is 0 Å². The molecule has 3 saturated heterocycles. The smallest absolute Gasteiger partial charge is 0.320 e. The summed E-state index contributed by atoms with van der Waals surface area (Å²) in [7, 11) is 2.03. The first-order chi connectivity index (χ1) is 18.1. The van der Waals surface area contributed by atoms with E-state index in [0.717, 1.165) is 17.8 Å². The molecule has 0 amide bonds. The van der Waals surface area contributed by atoms with E-state index in [4.69, 9.17) is 4.74 Å². The number of nitrogens with one attached hydrogen (secondary N) is 2. The molecule has 4 N–H and O–H groups in total. The molecule has 0 spiro atoms. The molecule has 2 aromatic carbocycles. The summed E-state index contributed by atoms with van der Waals surface area (Å²) >= 11 is 0. The largest absolute Gasteiger partial charge is 0.480 e. The standard InChI is InChI=1S/C29H34N4O5/c1-27-12-18(23(34)35)30-25(27)33(21-11-7-4-8-16(21)27)15-28(2)22(38-28)14-29-13-19(24(36)37)31-26(29)32(3)20-10-6-5-9-17(20)29/h4-11,18-19,22,25-26,30-31H,12-15H2,1-3H3,(H,34,35)(H,36,37)/t18-,19-,22+,25-,26+,27+,28+,29+/m1/s1. The van der Waals surface area contributed by atoms with Gasteiger partial charge >= 0.3 is 11.9 Å². The van der Waals surface area contributed by atoms with E-state index < -0.39 is 29.6 Å². The van der Waals surface area contributed by atoms with Crippen LogP contribution in [0.25, 0.3) is 0 Å². The van der Waals surface area contributed by atoms with Gasteiger partial charge in [0.1, 0.15) is 17.7 Å². The molecule has 5 aliphatic rings. The number of fused-ring (bicyclic) bond motifs is 6. The number of hydrogen-bond donors (Lipinski definition) is 4. The normalized spacial score (nSPS) is 40.0. The maximum Gasteiger partial charge on any atom is 0.320 e. The Morgan fingerprint density at radius 1 is 0.921 bits per heavy atom. The number of ether oxygens (including phenoxy) is 1. The van der Waals surface area contributed by atoms with Gasteiger partial charge in [-0.15, -0.1) is 0 Å². The van der Waals surface area contributed by atoms with Crippen LogP contribution in [-0.2, 0) is 25.2 Å². The summed E-state index contributed by atoms with van der Waals surface area (Å²) in [6.07, 6.45) is 1.48. The zero-order chi connectivity index (χ0) is 26.6. The fourth-order valence-corrected chi connectivity index (χ4v) is 8.13. The third kappa shape index (κ3) is 3.09. The number of carboxylic acid groups (broad SMARTS) is 2. The zero-order valence-electron chi connectivity index (χ0n) is 21.8. The maximum absolute atomic E-state index is 12.0. The van der Waals surface area contributed by atoms with Crippen molar-refractivity contribution in [3.05, 3.63) is 59.7 Å². The number of rotatable bonds is 6. The van der Waals surface area contributed by atoms with Crippen LogP contribution < -0.4 is 20.4 Å². The number of benzene rings is 2. The summed E-state index contributed by atoms with van der Waals surface area (Å²) in [4.78, 5) is 28.4. The highest BCUT2D eigenvalue weighted by molar-refractivity contribution is 5.78. The Balaban J connectivity index is 1.18. The van der Waals surface area contributed by atoms with E-state index in [2.05, 4.69) is 58.5 Å². The fraction of sp³-hybridized carbons (Fsp3) is 0.517. The average Bonchev–Trinajstić information content (AvgIpc) is 3.19. The Hall–Kier alpha value is -3.14. The summed E-state index contributed by atoms with van der Waals surface area (Å²) in [5, 5.41) is 26.4. The molecule has 38 heavy (non-hydrogen) atoms. The number of carbonyl (C=O) groups is 2. The van der Waals surface area contributed by atoms with E-state index >= 15 is 0 Å². The molecule has 3 fully saturated rings. The fourth-order valence-electron chi connectivity index (χ4n) is 8.13. The Labute approximate surface area is 221 Å². The van der Waals surface area contributed by atoms with Crippen molar-refractivity contribution in [2.45, 2.75) is 80.1 Å². The van der Waals surface area contributed by atoms with E-state index in [-0.39, 0.29) is 29.3 Å². The number of epoxide rings is 1. The molecule has 8 atom stereocenters. The molecule has 9 nitrogen and oxygen atoms in total. The Morgan fingerprint density at radius 3 is 2.24 bits per heavy atom. The number of hydrogen-bond acceptors (Lipinski definition) is 7. The van der Waals surface area contributed by atoms with E-state index in [1.807, 2.05) is 31.3 Å². The first-order valence-electron chi connectivity index (χ1n) is 13.4. The predicted molar refractivity (Wildman–Crippen MR) is 141 cm³/mol. The zero-order valence-corrected chi connectivity index (χ0v) is 21.8. The lowest BCUT2D eigenvalue weighted by molar-refractivity contribution is -0.140. The lowest BCUT2D eigenvalue weighted by Crippen LogP contribution is -2.52. The van der Waals surface area contributed by atoms with Gasteiger partial charge in [-0.25, -0.2) is 0 Å². The van der Waals surface area contributed by atoms with Gasteiger partial charge in [0.2, 0.25) is 0 Å². The van der Waals surface area contributed by atoms with Gasteiger partial charge in [0.25, 0.3) is 0 Å². The third-order valence-electron chi connectivity index (χ3n) is 10.1. The molecule has 5 aliphatic heterocycles. The summed E-state index contributed by atoms with van der Waals surface area (Å²) in [5.74, 6) is -1.64. The second-order valence-electron chi connectivity index (χ2n) is 12.3. The number of anilines is 2. The molecule has 0 aromatic heterocycles. The van der Waals surface area contributed by atoms with Crippen LogP contribution in [0.5, 0.6) is 0 Å². The molecular weight excluding hydrogens is 484 g/mol. The molecule has 200 valence electrons. The second-order valence-corrected chi connectivity index (χ2v) is 12.3. The molecule has 9 heteroatoms. The predicted octanol–water partition coefficient (Wildman–Crippen LogP) is 2.24. The molecule has 0 radical (unpaired) electrons. The van der Waals surface area contributed by atoms with Gasteiger partial charge in [0, 0.05) is 29.3 Å². The quantitative estimate of drug-likeness (QED) is 0.427. The van der Waals surface area contributed by atoms with Crippen LogP contribution in [0.4, 0.5) is 11.4 Å². The van der Waals surface area contributed by atoms with Gasteiger partial charge in [-0.2, -0.15) is 0 Å². The summed E-state index contributed by atoms with van der Waals surface area (Å²) in [6, 6.07) is 15.4. The monoisotopic (exact) mass is 518 g/mol. The molecule has 2 aromatic rings. The average molecular weight is 519 g/mol. The van der Waals surface area contributed by atoms with Crippen molar-refractivity contribution in [1.29, 1.82) is 0 Å². The third-order valence-corrected chi connectivity index (χ3v) is 10.1. The molecular formula is C29H34N4O5. The molecule has 5 heterocycles. The minimum absolute atomic E-state index is 0.0467. The van der Waals surface area contributed by atoms with Crippen LogP contribution in [0, 0.1) is 0 Å². The van der Waals surface area contributed by atoms with Gasteiger partial charge < -0.3 is 24.7 Å². The van der Waals surface area contributed by atoms with Gasteiger partial charge in [-0.05, 0) is 49.4 Å². The highest BCUT2D eigenvalue weighted by Crippen LogP contribution is 2.57. The molecule has 0 unspecified atom stereocenters. The van der Waals surface area contributed by atoms with Crippen molar-refractivity contribution in [2.75, 3.05) is 23.4 Å². The molecule has 0 bridgehead atoms. The Kier molecular flexibility index (Phi) is 4.86. The van der Waals surface area contributed by atoms with Crippen LogP contribution in [-0.4, -0.2) is 71.9 Å². The summed E-state index contributed by atoms with van der Waals surface area (Å²) in [6.45, 7) is 4.92. The number of aliphatic carboxylic acids is 2. The van der Waals surface area contributed by atoms with Crippen LogP contribution in [0.3, 0.4) is 0 Å². The molecule has 0 aliphatic carbocycles. The lowest BCUT2D eigenvalue weighted by Gasteiger charge is -2.33. The van der Waals surface area contributed by atoms with Crippen LogP contribution >= 0.6 is 0 Å². The van der Waals surface area contributed by atoms with Crippen molar-refractivity contribution in [1.82, 2.24) is 10.6 Å². The topological polar surface area (TPSA) is 118 Å². The summed E-state index contributed by atoms with van der Waals surface area (Å²) < 4.78 is 6.47. The minimum atomic E-state index is -0.822. The highest BCUT2D eigenvalue weighted by atomic mass is 16.6. The SMILES string of the molecule is CN1c2ccccc2[C@@]2(C[C@@H]3O[C@@]3(C)CN3c4ccccc4[C@]4(C)C[C@H](C(=O)O)N[C@H]34)C[C@H](C(=O)O)N[C@@H]12. The minimum Gasteiger partial charge on any atom is -0.480 e. The Morgan fingerprint density at radius 2 is 1.53 bits per heavy atom. The van der Waals surface area contributed by atoms with E-state index in [0.29, 0.717) is 19.4 Å². The second kappa shape index (κ2) is 7.71. The lowest BCUT2D eigenvalue weighted by atomic mass is 9.73. The summed E-state index contributed by atoms with van der Waals surface area (Å²) in [5.41, 5.74) is 3.52. The number of carboxylic acids is 2. The van der Waals surface area contributed by atoms with Crippen molar-refractivity contribution >= 4 is 23.3 Å². The molecule has 0 saturated carbocycles. The van der Waals surface area contributed by atoms with Crippen LogP contribution in [0.15, 0.2) is 48.5 Å². The van der Waals surface area contributed by atoms with Crippen molar-refractivity contribution < 1.29 is 24.5 Å². The van der Waals surface area contributed by atoms with Crippen molar-refractivity contribution in [2.24, 2.45) is 0 Å². The van der Waals surface area contributed by atoms with Gasteiger partial charge in [-0.3, -0.25) is 20.2 Å². The number of para-hydroxylation sites is 2. The van der Waals surface area contributed by atoms with Crippen molar-refractivity contribution in [3.8, 4) is 0 Å². The number of likely N-dealkylation sites (N-methyl/N-ethyl adjacent to an activating group) is 1. The van der Waals surface area contributed by atoms with E-state index in [1.165, 1.54) is 11.1 Å². The van der Waals surface area contributed by atoms with Gasteiger partial charge in [0.05, 0.1) is 25.0 Å². The van der Waals surface area contributed by atoms with Crippen LogP contribution in [0.1, 0.15) is 44.2 Å². The van der Waals surface area contributed by atoms with E-state index in [9.17, 15) is 19.8 Å². The first-order valence-corrected chi connectivity index (χ1v) is 13.4. The van der Waals surface area contributed by atoms with Gasteiger partial charge in [-0.1, -0.05) is 43.3 Å². The Bertz CT molecular complexity index is 1350. The van der Waals surface area contributed by atoms with Crippen molar-refractivity contribution in [3.63, 3.8) is 0 Å². The van der Waals surface area contributed by atoms with Crippen LogP contribution in [0.2, 0.25) is 0 Å². The van der Waals surface area contributed by atoms with E-state index in [1.54, 1.807) is 0 Å². The highest BCUT2D eigenvalue weighted by Gasteiger charge is 2.65. The maximum atomic E-state index is 12.0. The molecule has 7 rings (SSSR count). The first kappa shape index (κ1) is 23.9. The number of nitrogens with zero attached hydrogens (tertiary/aromatic N) is 2.